The van der Waals surface area contributed by atoms with E-state index in [1.165, 1.54) is 13.1 Å². The molecule has 2 unspecified atom stereocenters. The quantitative estimate of drug-likeness (QED) is 0.138. The monoisotopic (exact) mass is 708 g/mol. The van der Waals surface area contributed by atoms with Crippen molar-refractivity contribution in [3.8, 4) is 0 Å². The minimum atomic E-state index is -1.05. The summed E-state index contributed by atoms with van der Waals surface area (Å²) in [5.41, 5.74) is 1.49. The molecule has 3 aliphatic rings. The molecule has 0 aromatic heterocycles. The largest absolute Gasteiger partial charge is 0.447 e. The Morgan fingerprint density at radius 2 is 1.69 bits per heavy atom. The van der Waals surface area contributed by atoms with E-state index in [-0.39, 0.29) is 48.6 Å². The molecule has 0 spiro atoms. The Morgan fingerprint density at radius 3 is 2.25 bits per heavy atom. The minimum Gasteiger partial charge on any atom is -0.447 e. The van der Waals surface area contributed by atoms with Crippen LogP contribution in [0, 0.1) is 28.6 Å². The van der Waals surface area contributed by atoms with Crippen molar-refractivity contribution in [2.24, 2.45) is 28.6 Å². The number of Topliss-reactive ketones (excluding diaryl/α,β-unsaturated/α-hetero) is 1. The zero-order chi connectivity index (χ0) is 37.7. The number of amides is 6. The Bertz CT molecular complexity index is 1480. The second kappa shape index (κ2) is 16.3. The predicted molar refractivity (Wildman–Crippen MR) is 192 cm³/mol. The molecule has 280 valence electrons. The molecule has 1 heterocycles. The number of nitrogens with zero attached hydrogens (tertiary/aromatic N) is 1. The summed E-state index contributed by atoms with van der Waals surface area (Å²) in [6.45, 7) is 15.7. The van der Waals surface area contributed by atoms with Crippen molar-refractivity contribution < 1.29 is 33.5 Å². The van der Waals surface area contributed by atoms with Gasteiger partial charge in [-0.2, -0.15) is 0 Å². The molecule has 51 heavy (non-hydrogen) atoms. The summed E-state index contributed by atoms with van der Waals surface area (Å²) in [5.74, 6) is -2.78. The predicted octanol–water partition coefficient (Wildman–Crippen LogP) is 2.87. The van der Waals surface area contributed by atoms with E-state index < -0.39 is 59.3 Å². The molecule has 13 nitrogen and oxygen atoms in total. The van der Waals surface area contributed by atoms with Crippen LogP contribution in [0.5, 0.6) is 0 Å². The van der Waals surface area contributed by atoms with E-state index in [9.17, 15) is 28.8 Å². The Balaban J connectivity index is 1.60. The molecule has 1 saturated heterocycles. The van der Waals surface area contributed by atoms with E-state index in [0.29, 0.717) is 25.8 Å². The van der Waals surface area contributed by atoms with Gasteiger partial charge in [0, 0.05) is 20.1 Å². The van der Waals surface area contributed by atoms with Crippen LogP contribution in [0.2, 0.25) is 0 Å². The number of urea groups is 1. The zero-order valence-corrected chi connectivity index (χ0v) is 31.1. The molecule has 1 aromatic rings. The number of fused-ring (bicyclic) bond motifs is 2. The van der Waals surface area contributed by atoms with Gasteiger partial charge in [-0.25, -0.2) is 9.59 Å². The van der Waals surface area contributed by atoms with Gasteiger partial charge < -0.3 is 36.2 Å². The normalized spacial score (nSPS) is 21.9. The van der Waals surface area contributed by atoms with Crippen molar-refractivity contribution in [2.75, 3.05) is 26.7 Å². The molecule has 4 rings (SSSR count). The van der Waals surface area contributed by atoms with Gasteiger partial charge >= 0.3 is 12.1 Å². The number of carbonyl (C=O) groups excluding carboxylic acids is 6. The number of hydrogen-bond donors (Lipinski definition) is 5. The van der Waals surface area contributed by atoms with Crippen LogP contribution in [0.25, 0.3) is 0 Å². The third kappa shape index (κ3) is 9.09. The number of nitrogens with one attached hydrogen (secondary N) is 5. The van der Waals surface area contributed by atoms with Crippen molar-refractivity contribution in [1.29, 1.82) is 0 Å². The van der Waals surface area contributed by atoms with Gasteiger partial charge in [-0.3, -0.25) is 19.2 Å². The highest BCUT2D eigenvalue weighted by Gasteiger charge is 2.69. The number of piperidine rings is 1. The number of alkyl carbamates (subject to hydrolysis) is 1. The number of ether oxygens (including phenoxy) is 1. The average molecular weight is 709 g/mol. The van der Waals surface area contributed by atoms with Gasteiger partial charge in [0.1, 0.15) is 18.7 Å². The lowest BCUT2D eigenvalue weighted by Gasteiger charge is -2.36. The van der Waals surface area contributed by atoms with Crippen LogP contribution in [-0.4, -0.2) is 91.4 Å². The number of rotatable bonds is 15. The van der Waals surface area contributed by atoms with Gasteiger partial charge in [0.15, 0.2) is 0 Å². The lowest BCUT2D eigenvalue weighted by Crippen LogP contribution is -2.61. The van der Waals surface area contributed by atoms with E-state index in [1.807, 2.05) is 52.0 Å². The SMILES string of the molecule is C=CCNC(=O)C(=O)C(CCCC)NC(=O)C1[C@@H]2[C@H](CN1C(=O)[C@@H](NC(=O)N[C@H](COC(=O)NC)C(C)(C)C)C1Cc3ccccc3C1)C2(C)C. The van der Waals surface area contributed by atoms with E-state index in [4.69, 9.17) is 4.74 Å². The molecule has 1 aromatic carbocycles. The minimum absolute atomic E-state index is 0.0558. The van der Waals surface area contributed by atoms with Crippen molar-refractivity contribution in [2.45, 2.75) is 97.8 Å². The highest BCUT2D eigenvalue weighted by molar-refractivity contribution is 6.38. The van der Waals surface area contributed by atoms with Crippen LogP contribution in [0.4, 0.5) is 9.59 Å². The van der Waals surface area contributed by atoms with Crippen LogP contribution in [0.15, 0.2) is 36.9 Å². The van der Waals surface area contributed by atoms with Crippen LogP contribution >= 0.6 is 0 Å². The summed E-state index contributed by atoms with van der Waals surface area (Å²) in [4.78, 5) is 81.9. The Labute approximate surface area is 301 Å². The summed E-state index contributed by atoms with van der Waals surface area (Å²) < 4.78 is 5.27. The van der Waals surface area contributed by atoms with Gasteiger partial charge in [0.25, 0.3) is 5.91 Å². The van der Waals surface area contributed by atoms with Crippen molar-refractivity contribution in [1.82, 2.24) is 31.5 Å². The van der Waals surface area contributed by atoms with E-state index in [1.54, 1.807) is 4.90 Å². The van der Waals surface area contributed by atoms with E-state index >= 15 is 0 Å². The number of benzene rings is 1. The molecule has 5 N–H and O–H groups in total. The average Bonchev–Trinajstić information content (AvgIpc) is 3.44. The maximum Gasteiger partial charge on any atom is 0.406 e. The van der Waals surface area contributed by atoms with Crippen molar-refractivity contribution in [3.63, 3.8) is 0 Å². The van der Waals surface area contributed by atoms with Crippen LogP contribution < -0.4 is 26.6 Å². The molecule has 0 radical (unpaired) electrons. The number of unbranched alkanes of at least 4 members (excludes halogenated alkanes) is 1. The second-order valence-corrected chi connectivity index (χ2v) is 15.8. The van der Waals surface area contributed by atoms with Gasteiger partial charge in [0.05, 0.1) is 12.1 Å². The number of carbonyl (C=O) groups is 6. The van der Waals surface area contributed by atoms with Gasteiger partial charge in [-0.15, -0.1) is 6.58 Å². The first-order valence-electron chi connectivity index (χ1n) is 18.1. The molecule has 6 atom stereocenters. The fourth-order valence-corrected chi connectivity index (χ4v) is 7.63. The number of hydrogen-bond acceptors (Lipinski definition) is 7. The first-order chi connectivity index (χ1) is 24.0. The fourth-order valence-electron chi connectivity index (χ4n) is 7.63. The van der Waals surface area contributed by atoms with Crippen molar-refractivity contribution in [3.05, 3.63) is 48.0 Å². The second-order valence-electron chi connectivity index (χ2n) is 15.8. The topological polar surface area (TPSA) is 175 Å². The molecular formula is C38H56N6O7. The summed E-state index contributed by atoms with van der Waals surface area (Å²) in [7, 11) is 1.45. The lowest BCUT2D eigenvalue weighted by molar-refractivity contribution is -0.144. The Kier molecular flexibility index (Phi) is 12.6. The highest BCUT2D eigenvalue weighted by Crippen LogP contribution is 2.65. The lowest BCUT2D eigenvalue weighted by atomic mass is 9.87. The maximum absolute atomic E-state index is 14.8. The summed E-state index contributed by atoms with van der Waals surface area (Å²) in [5, 5.41) is 13.6. The number of ketones is 1. The summed E-state index contributed by atoms with van der Waals surface area (Å²) in [6, 6.07) is 3.86. The van der Waals surface area contributed by atoms with Crippen LogP contribution in [-0.2, 0) is 36.8 Å². The molecular weight excluding hydrogens is 652 g/mol. The summed E-state index contributed by atoms with van der Waals surface area (Å²) in [6.07, 6.45) is 3.62. The standard InChI is InChI=1S/C38H56N6O7/c1-9-11-16-26(31(45)33(47)40-17-10-2)41-32(46)30-28-25(38(28,6)7)20-44(30)34(48)29(24-18-22-14-12-13-15-23(22)19-24)43-35(49)42-27(37(3,4)5)21-51-36(50)39-8/h10,12-15,24-30H,2,9,11,16-21H2,1,3-8H3,(H,39,50)(H,40,47)(H,41,46)(H2,42,43,49)/t25-,26?,27+,28-,29-,30?/m0/s1. The van der Waals surface area contributed by atoms with Crippen LogP contribution in [0.3, 0.4) is 0 Å². The van der Waals surface area contributed by atoms with Gasteiger partial charge in [-0.1, -0.05) is 84.7 Å². The van der Waals surface area contributed by atoms with Gasteiger partial charge in [0.2, 0.25) is 17.6 Å². The molecule has 6 amide bonds. The molecule has 13 heteroatoms. The first-order valence-corrected chi connectivity index (χ1v) is 18.1. The highest BCUT2D eigenvalue weighted by atomic mass is 16.5. The Hall–Kier alpha value is -4.42. The summed E-state index contributed by atoms with van der Waals surface area (Å²) >= 11 is 0. The van der Waals surface area contributed by atoms with E-state index in [0.717, 1.165) is 17.5 Å². The first kappa shape index (κ1) is 39.4. The third-order valence-electron chi connectivity index (χ3n) is 10.9. The number of likely N-dealkylation sites (tertiary alicyclic amines) is 1. The third-order valence-corrected chi connectivity index (χ3v) is 10.9. The maximum atomic E-state index is 14.8. The smallest absolute Gasteiger partial charge is 0.406 e. The molecule has 1 saturated carbocycles. The zero-order valence-electron chi connectivity index (χ0n) is 31.1. The molecule has 0 bridgehead atoms. The fraction of sp³-hybridized carbons (Fsp3) is 0.632. The molecule has 2 aliphatic carbocycles. The Morgan fingerprint density at radius 1 is 1.04 bits per heavy atom. The van der Waals surface area contributed by atoms with E-state index in [2.05, 4.69) is 47.0 Å². The molecule has 1 aliphatic heterocycles. The van der Waals surface area contributed by atoms with Gasteiger partial charge in [-0.05, 0) is 59.0 Å². The molecule has 2 fully saturated rings. The van der Waals surface area contributed by atoms with Crippen molar-refractivity contribution >= 4 is 35.6 Å². The van der Waals surface area contributed by atoms with Crippen LogP contribution in [0.1, 0.15) is 71.9 Å².